The van der Waals surface area contributed by atoms with Crippen LogP contribution in [0.3, 0.4) is 0 Å². The predicted molar refractivity (Wildman–Crippen MR) is 105 cm³/mol. The lowest BCUT2D eigenvalue weighted by atomic mass is 10.1. The molecule has 0 atom stereocenters. The van der Waals surface area contributed by atoms with Crippen LogP contribution in [-0.2, 0) is 0 Å². The summed E-state index contributed by atoms with van der Waals surface area (Å²) in [4.78, 5) is 42.0. The molecular weight excluding hydrogens is 375 g/mol. The molecule has 2 aliphatic heterocycles. The largest absolute Gasteiger partial charge is 0.368 e. The Morgan fingerprint density at radius 2 is 1.48 bits per heavy atom. The van der Waals surface area contributed by atoms with E-state index in [0.29, 0.717) is 37.3 Å². The van der Waals surface area contributed by atoms with Crippen molar-refractivity contribution < 1.29 is 18.8 Å². The first kappa shape index (κ1) is 18.9. The second-order valence-electron chi connectivity index (χ2n) is 6.99. The van der Waals surface area contributed by atoms with E-state index in [9.17, 15) is 18.8 Å². The van der Waals surface area contributed by atoms with Gasteiger partial charge in [-0.1, -0.05) is 12.1 Å². The normalized spacial score (nSPS) is 16.2. The Balaban J connectivity index is 1.24. The number of urea groups is 1. The van der Waals surface area contributed by atoms with Gasteiger partial charge >= 0.3 is 6.03 Å². The number of nitrogens with one attached hydrogen (secondary N) is 1. The minimum atomic E-state index is -0.326. The lowest BCUT2D eigenvalue weighted by molar-refractivity contribution is 0.0655. The van der Waals surface area contributed by atoms with Crippen molar-refractivity contribution in [2.45, 2.75) is 0 Å². The van der Waals surface area contributed by atoms with Crippen LogP contribution in [-0.4, -0.2) is 66.9 Å². The van der Waals surface area contributed by atoms with E-state index >= 15 is 0 Å². The number of anilines is 1. The molecule has 7 nitrogen and oxygen atoms in total. The van der Waals surface area contributed by atoms with Crippen LogP contribution >= 0.6 is 0 Å². The number of nitrogens with zero attached hydrogens (tertiary/aromatic N) is 3. The van der Waals surface area contributed by atoms with Crippen molar-refractivity contribution in [3.8, 4) is 0 Å². The van der Waals surface area contributed by atoms with E-state index in [1.165, 1.54) is 12.1 Å². The van der Waals surface area contributed by atoms with E-state index in [1.54, 1.807) is 41.3 Å². The van der Waals surface area contributed by atoms with Crippen LogP contribution in [0.5, 0.6) is 0 Å². The van der Waals surface area contributed by atoms with Crippen molar-refractivity contribution in [3.63, 3.8) is 0 Å². The number of halogens is 1. The SMILES string of the molecule is O=C(NCCN1C(=O)c2ccccc2C1=O)N1CCN(c2ccc(F)cc2)CC1. The molecule has 1 fully saturated rings. The summed E-state index contributed by atoms with van der Waals surface area (Å²) in [5.74, 6) is -0.926. The summed E-state index contributed by atoms with van der Waals surface area (Å²) in [6, 6.07) is 12.8. The summed E-state index contributed by atoms with van der Waals surface area (Å²) in [7, 11) is 0. The Morgan fingerprint density at radius 1 is 0.897 bits per heavy atom. The number of hydrogen-bond acceptors (Lipinski definition) is 4. The molecule has 4 amide bonds. The highest BCUT2D eigenvalue weighted by Gasteiger charge is 2.34. The van der Waals surface area contributed by atoms with E-state index in [0.717, 1.165) is 10.6 Å². The van der Waals surface area contributed by atoms with Gasteiger partial charge in [-0.05, 0) is 36.4 Å². The average Bonchev–Trinajstić information content (AvgIpc) is 2.99. The van der Waals surface area contributed by atoms with Crippen LogP contribution in [0.4, 0.5) is 14.9 Å². The first-order chi connectivity index (χ1) is 14.0. The molecule has 4 rings (SSSR count). The fourth-order valence-electron chi connectivity index (χ4n) is 3.65. The van der Waals surface area contributed by atoms with Gasteiger partial charge in [0.15, 0.2) is 0 Å². The number of carbonyl (C=O) groups excluding carboxylic acids is 3. The molecule has 150 valence electrons. The zero-order valence-corrected chi connectivity index (χ0v) is 15.8. The number of benzene rings is 2. The first-order valence-corrected chi connectivity index (χ1v) is 9.53. The van der Waals surface area contributed by atoms with E-state index < -0.39 is 0 Å². The molecule has 2 heterocycles. The molecule has 1 saturated heterocycles. The van der Waals surface area contributed by atoms with Crippen LogP contribution in [0.25, 0.3) is 0 Å². The van der Waals surface area contributed by atoms with Gasteiger partial charge in [-0.15, -0.1) is 0 Å². The quantitative estimate of drug-likeness (QED) is 0.802. The lowest BCUT2D eigenvalue weighted by Crippen LogP contribution is -2.52. The molecule has 0 unspecified atom stereocenters. The molecule has 0 saturated carbocycles. The van der Waals surface area contributed by atoms with Gasteiger partial charge in [-0.25, -0.2) is 9.18 Å². The van der Waals surface area contributed by atoms with Gasteiger partial charge in [-0.3, -0.25) is 14.5 Å². The van der Waals surface area contributed by atoms with Crippen LogP contribution in [0.1, 0.15) is 20.7 Å². The van der Waals surface area contributed by atoms with E-state index in [4.69, 9.17) is 0 Å². The van der Waals surface area contributed by atoms with Gasteiger partial charge in [0.1, 0.15) is 5.82 Å². The number of imide groups is 1. The molecule has 2 aromatic carbocycles. The Hall–Kier alpha value is -3.42. The second kappa shape index (κ2) is 7.90. The van der Waals surface area contributed by atoms with Crippen LogP contribution < -0.4 is 10.2 Å². The Kier molecular flexibility index (Phi) is 5.16. The summed E-state index contributed by atoms with van der Waals surface area (Å²) in [6.07, 6.45) is 0. The average molecular weight is 396 g/mol. The van der Waals surface area contributed by atoms with Gasteiger partial charge in [0, 0.05) is 45.0 Å². The summed E-state index contributed by atoms with van der Waals surface area (Å²) < 4.78 is 13.1. The smallest absolute Gasteiger partial charge is 0.317 e. The van der Waals surface area contributed by atoms with Crippen LogP contribution in [0.15, 0.2) is 48.5 Å². The molecule has 2 aromatic rings. The number of piperazine rings is 1. The topological polar surface area (TPSA) is 73.0 Å². The molecule has 0 aromatic heterocycles. The zero-order valence-electron chi connectivity index (χ0n) is 15.8. The van der Waals surface area contributed by atoms with Gasteiger partial charge in [0.2, 0.25) is 0 Å². The maximum atomic E-state index is 13.1. The molecule has 2 aliphatic rings. The zero-order chi connectivity index (χ0) is 20.4. The van der Waals surface area contributed by atoms with E-state index in [2.05, 4.69) is 10.2 Å². The van der Waals surface area contributed by atoms with Gasteiger partial charge < -0.3 is 15.1 Å². The Labute approximate surface area is 167 Å². The maximum Gasteiger partial charge on any atom is 0.317 e. The minimum Gasteiger partial charge on any atom is -0.368 e. The molecule has 8 heteroatoms. The third kappa shape index (κ3) is 3.78. The predicted octanol–water partition coefficient (Wildman–Crippen LogP) is 1.95. The fraction of sp³-hybridized carbons (Fsp3) is 0.286. The van der Waals surface area contributed by atoms with Gasteiger partial charge in [0.25, 0.3) is 11.8 Å². The first-order valence-electron chi connectivity index (χ1n) is 9.53. The molecule has 0 radical (unpaired) electrons. The van der Waals surface area contributed by atoms with E-state index in [1.807, 2.05) is 0 Å². The molecule has 0 spiro atoms. The monoisotopic (exact) mass is 396 g/mol. The van der Waals surface area contributed by atoms with Crippen molar-refractivity contribution in [2.75, 3.05) is 44.2 Å². The van der Waals surface area contributed by atoms with Crippen molar-refractivity contribution in [3.05, 3.63) is 65.5 Å². The van der Waals surface area contributed by atoms with Crippen molar-refractivity contribution in [1.29, 1.82) is 0 Å². The maximum absolute atomic E-state index is 13.1. The van der Waals surface area contributed by atoms with Crippen molar-refractivity contribution >= 4 is 23.5 Å². The van der Waals surface area contributed by atoms with E-state index in [-0.39, 0.29) is 36.8 Å². The summed E-state index contributed by atoms with van der Waals surface area (Å²) in [5.41, 5.74) is 1.73. The minimum absolute atomic E-state index is 0.133. The number of hydrogen-bond donors (Lipinski definition) is 1. The number of carbonyl (C=O) groups is 3. The summed E-state index contributed by atoms with van der Waals surface area (Å²) in [6.45, 7) is 2.71. The highest BCUT2D eigenvalue weighted by Crippen LogP contribution is 2.22. The molecule has 0 aliphatic carbocycles. The highest BCUT2D eigenvalue weighted by atomic mass is 19.1. The standard InChI is InChI=1S/C21H21FN4O3/c22-15-5-7-16(8-6-15)24-11-13-25(14-12-24)21(29)23-9-10-26-19(27)17-3-1-2-4-18(17)20(26)28/h1-8H,9-14H2,(H,23,29). The van der Waals surface area contributed by atoms with Crippen molar-refractivity contribution in [1.82, 2.24) is 15.1 Å². The van der Waals surface area contributed by atoms with Gasteiger partial charge in [-0.2, -0.15) is 0 Å². The number of amides is 4. The second-order valence-corrected chi connectivity index (χ2v) is 6.99. The van der Waals surface area contributed by atoms with Crippen LogP contribution in [0, 0.1) is 5.82 Å². The van der Waals surface area contributed by atoms with Gasteiger partial charge in [0.05, 0.1) is 11.1 Å². The molecular formula is C21H21FN4O3. The number of rotatable bonds is 4. The Morgan fingerprint density at radius 3 is 2.07 bits per heavy atom. The highest BCUT2D eigenvalue weighted by molar-refractivity contribution is 6.21. The summed E-state index contributed by atoms with van der Waals surface area (Å²) >= 11 is 0. The lowest BCUT2D eigenvalue weighted by Gasteiger charge is -2.36. The summed E-state index contributed by atoms with van der Waals surface area (Å²) in [5, 5.41) is 2.78. The third-order valence-electron chi connectivity index (χ3n) is 5.25. The molecule has 29 heavy (non-hydrogen) atoms. The third-order valence-corrected chi connectivity index (χ3v) is 5.25. The molecule has 0 bridgehead atoms. The van der Waals surface area contributed by atoms with Crippen LogP contribution in [0.2, 0.25) is 0 Å². The Bertz CT molecular complexity index is 904. The number of fused-ring (bicyclic) bond motifs is 1. The molecule has 1 N–H and O–H groups in total. The fourth-order valence-corrected chi connectivity index (χ4v) is 3.65. The van der Waals surface area contributed by atoms with Crippen molar-refractivity contribution in [2.24, 2.45) is 0 Å².